The standard InChI is InChI=1S/C17H15ClF2N4O2.ClH/c18-11-4-5-13(22-7-11)15(25)23-12-3-1-2-10(6-12)17(16(19)20)9-26-8-14(21)24-17;/h1-7,16H,8-9H2,(H2,21,24)(H,23,25);1H. The van der Waals surface area contributed by atoms with Gasteiger partial charge in [-0.15, -0.1) is 12.4 Å². The molecule has 0 aliphatic carbocycles. The minimum Gasteiger partial charge on any atom is -0.385 e. The summed E-state index contributed by atoms with van der Waals surface area (Å²) in [5, 5.41) is 3.01. The van der Waals surface area contributed by atoms with Crippen LogP contribution in [0.5, 0.6) is 0 Å². The van der Waals surface area contributed by atoms with E-state index in [4.69, 9.17) is 22.1 Å². The number of pyridine rings is 1. The summed E-state index contributed by atoms with van der Waals surface area (Å²) in [5.74, 6) is -0.496. The van der Waals surface area contributed by atoms with E-state index in [1.54, 1.807) is 12.1 Å². The molecule has 144 valence electrons. The molecule has 1 aromatic carbocycles. The Morgan fingerprint density at radius 2 is 2.11 bits per heavy atom. The Labute approximate surface area is 165 Å². The predicted octanol–water partition coefficient (Wildman–Crippen LogP) is 3.26. The first kappa shape index (κ1) is 21.0. The predicted molar refractivity (Wildman–Crippen MR) is 101 cm³/mol. The number of carbonyl (C=O) groups is 1. The molecular formula is C17H16Cl2F2N4O2. The van der Waals surface area contributed by atoms with Gasteiger partial charge in [0.25, 0.3) is 12.3 Å². The number of hydrogen-bond acceptors (Lipinski definition) is 5. The molecule has 1 amide bonds. The lowest BCUT2D eigenvalue weighted by molar-refractivity contribution is -0.0129. The van der Waals surface area contributed by atoms with E-state index in [0.717, 1.165) is 0 Å². The van der Waals surface area contributed by atoms with Crippen molar-refractivity contribution >= 4 is 41.4 Å². The molecule has 6 nitrogen and oxygen atoms in total. The van der Waals surface area contributed by atoms with E-state index in [1.165, 1.54) is 30.5 Å². The van der Waals surface area contributed by atoms with Crippen molar-refractivity contribution in [2.75, 3.05) is 18.5 Å². The van der Waals surface area contributed by atoms with Crippen LogP contribution in [-0.4, -0.2) is 36.4 Å². The summed E-state index contributed by atoms with van der Waals surface area (Å²) in [6.45, 7) is -0.297. The number of aliphatic imine (C=N–C) groups is 1. The van der Waals surface area contributed by atoms with Gasteiger partial charge >= 0.3 is 0 Å². The molecule has 1 atom stereocenters. The molecule has 1 aliphatic rings. The van der Waals surface area contributed by atoms with Gasteiger partial charge in [-0.05, 0) is 29.8 Å². The highest BCUT2D eigenvalue weighted by molar-refractivity contribution is 6.30. The van der Waals surface area contributed by atoms with E-state index < -0.39 is 17.9 Å². The first-order valence-corrected chi connectivity index (χ1v) is 8.02. The Kier molecular flexibility index (Phi) is 6.69. The normalized spacial score (nSPS) is 19.2. The lowest BCUT2D eigenvalue weighted by atomic mass is 9.90. The summed E-state index contributed by atoms with van der Waals surface area (Å²) in [6.07, 6.45) is -1.49. The quantitative estimate of drug-likeness (QED) is 0.800. The van der Waals surface area contributed by atoms with Crippen LogP contribution >= 0.6 is 24.0 Å². The van der Waals surface area contributed by atoms with Crippen molar-refractivity contribution in [2.45, 2.75) is 12.0 Å². The first-order chi connectivity index (χ1) is 12.4. The average Bonchev–Trinajstić information content (AvgIpc) is 2.62. The maximum absolute atomic E-state index is 13.8. The minimum absolute atomic E-state index is 0. The fourth-order valence-electron chi connectivity index (χ4n) is 2.59. The molecule has 10 heteroatoms. The van der Waals surface area contributed by atoms with Crippen LogP contribution < -0.4 is 11.1 Å². The van der Waals surface area contributed by atoms with Gasteiger partial charge in [0.05, 0.1) is 11.6 Å². The Morgan fingerprint density at radius 3 is 2.74 bits per heavy atom. The number of benzene rings is 1. The summed E-state index contributed by atoms with van der Waals surface area (Å²) in [7, 11) is 0. The number of nitrogens with one attached hydrogen (secondary N) is 1. The third kappa shape index (κ3) is 4.52. The number of nitrogens with two attached hydrogens (primary N) is 1. The number of hydrogen-bond donors (Lipinski definition) is 2. The molecule has 1 unspecified atom stereocenters. The lowest BCUT2D eigenvalue weighted by Gasteiger charge is -2.33. The van der Waals surface area contributed by atoms with E-state index in [9.17, 15) is 13.6 Å². The van der Waals surface area contributed by atoms with Gasteiger partial charge in [0.1, 0.15) is 18.1 Å². The maximum atomic E-state index is 13.8. The van der Waals surface area contributed by atoms with E-state index in [0.29, 0.717) is 10.7 Å². The van der Waals surface area contributed by atoms with Crippen LogP contribution in [0.15, 0.2) is 47.6 Å². The third-order valence-corrected chi connectivity index (χ3v) is 4.08. The van der Waals surface area contributed by atoms with Gasteiger partial charge in [-0.3, -0.25) is 9.79 Å². The maximum Gasteiger partial charge on any atom is 0.274 e. The van der Waals surface area contributed by atoms with Crippen molar-refractivity contribution in [3.8, 4) is 0 Å². The van der Waals surface area contributed by atoms with Crippen LogP contribution in [0.25, 0.3) is 0 Å². The van der Waals surface area contributed by atoms with Crippen molar-refractivity contribution in [1.29, 1.82) is 0 Å². The first-order valence-electron chi connectivity index (χ1n) is 7.64. The Hall–Kier alpha value is -2.29. The number of rotatable bonds is 4. The number of alkyl halides is 2. The van der Waals surface area contributed by atoms with Gasteiger partial charge in [-0.1, -0.05) is 23.7 Å². The van der Waals surface area contributed by atoms with Crippen molar-refractivity contribution < 1.29 is 18.3 Å². The molecular weight excluding hydrogens is 401 g/mol. The van der Waals surface area contributed by atoms with Crippen molar-refractivity contribution in [1.82, 2.24) is 4.98 Å². The van der Waals surface area contributed by atoms with Crippen molar-refractivity contribution in [3.05, 3.63) is 58.9 Å². The molecule has 0 bridgehead atoms. The topological polar surface area (TPSA) is 89.6 Å². The Morgan fingerprint density at radius 1 is 1.33 bits per heavy atom. The third-order valence-electron chi connectivity index (χ3n) is 3.86. The van der Waals surface area contributed by atoms with Crippen LogP contribution in [0, 0.1) is 0 Å². The molecule has 0 saturated heterocycles. The zero-order valence-electron chi connectivity index (χ0n) is 13.9. The second kappa shape index (κ2) is 8.60. The van der Waals surface area contributed by atoms with E-state index in [2.05, 4.69) is 15.3 Å². The molecule has 3 rings (SSSR count). The highest BCUT2D eigenvalue weighted by Gasteiger charge is 2.44. The molecule has 0 radical (unpaired) electrons. The molecule has 3 N–H and O–H groups in total. The van der Waals surface area contributed by atoms with Gasteiger partial charge in [0.15, 0.2) is 5.54 Å². The van der Waals surface area contributed by atoms with Crippen molar-refractivity contribution in [2.24, 2.45) is 10.7 Å². The molecule has 27 heavy (non-hydrogen) atoms. The van der Waals surface area contributed by atoms with E-state index >= 15 is 0 Å². The van der Waals surface area contributed by atoms with Crippen LogP contribution in [0.3, 0.4) is 0 Å². The van der Waals surface area contributed by atoms with Gasteiger partial charge in [-0.2, -0.15) is 0 Å². The molecule has 2 aromatic rings. The molecule has 0 fully saturated rings. The van der Waals surface area contributed by atoms with Crippen LogP contribution in [0.1, 0.15) is 16.1 Å². The minimum atomic E-state index is -2.83. The SMILES string of the molecule is Cl.NC1=NC(c2cccc(NC(=O)c3ccc(Cl)cn3)c2)(C(F)F)COC1. The molecule has 0 saturated carbocycles. The molecule has 2 heterocycles. The number of anilines is 1. The number of nitrogens with zero attached hydrogens (tertiary/aromatic N) is 2. The highest BCUT2D eigenvalue weighted by atomic mass is 35.5. The van der Waals surface area contributed by atoms with Crippen LogP contribution in [-0.2, 0) is 10.3 Å². The van der Waals surface area contributed by atoms with Gasteiger partial charge in [0.2, 0.25) is 0 Å². The van der Waals surface area contributed by atoms with Gasteiger partial charge in [-0.25, -0.2) is 13.8 Å². The lowest BCUT2D eigenvalue weighted by Crippen LogP contribution is -2.44. The number of amidine groups is 1. The summed E-state index contributed by atoms with van der Waals surface area (Å²) in [4.78, 5) is 20.1. The zero-order valence-corrected chi connectivity index (χ0v) is 15.4. The summed E-state index contributed by atoms with van der Waals surface area (Å²) in [6, 6.07) is 9.03. The largest absolute Gasteiger partial charge is 0.385 e. The summed E-state index contributed by atoms with van der Waals surface area (Å²) < 4.78 is 32.7. The Balaban J connectivity index is 0.00000261. The fourth-order valence-corrected chi connectivity index (χ4v) is 2.70. The highest BCUT2D eigenvalue weighted by Crippen LogP contribution is 2.36. The van der Waals surface area contributed by atoms with Crippen LogP contribution in [0.2, 0.25) is 5.02 Å². The fraction of sp³-hybridized carbons (Fsp3) is 0.235. The smallest absolute Gasteiger partial charge is 0.274 e. The number of ether oxygens (including phenoxy) is 1. The second-order valence-corrected chi connectivity index (χ2v) is 6.15. The zero-order chi connectivity index (χ0) is 18.7. The number of aromatic nitrogens is 1. The summed E-state index contributed by atoms with van der Waals surface area (Å²) in [5.41, 5.74) is 4.35. The Bertz CT molecular complexity index is 849. The molecule has 1 aromatic heterocycles. The van der Waals surface area contributed by atoms with Crippen molar-refractivity contribution in [3.63, 3.8) is 0 Å². The number of halogens is 4. The molecule has 1 aliphatic heterocycles. The number of carbonyl (C=O) groups excluding carboxylic acids is 1. The van der Waals surface area contributed by atoms with Gasteiger partial charge < -0.3 is 15.8 Å². The molecule has 0 spiro atoms. The van der Waals surface area contributed by atoms with E-state index in [-0.39, 0.29) is 42.7 Å². The van der Waals surface area contributed by atoms with Gasteiger partial charge in [0, 0.05) is 11.9 Å². The average molecular weight is 417 g/mol. The summed E-state index contributed by atoms with van der Waals surface area (Å²) >= 11 is 5.74. The second-order valence-electron chi connectivity index (χ2n) is 5.72. The monoisotopic (exact) mass is 416 g/mol. The van der Waals surface area contributed by atoms with E-state index in [1.807, 2.05) is 0 Å². The number of amides is 1. The van der Waals surface area contributed by atoms with Crippen LogP contribution in [0.4, 0.5) is 14.5 Å².